The third kappa shape index (κ3) is 2.65. The van der Waals surface area contributed by atoms with Gasteiger partial charge in [-0.15, -0.1) is 0 Å². The van der Waals surface area contributed by atoms with E-state index in [0.29, 0.717) is 10.0 Å². The molecule has 0 N–H and O–H groups in total. The van der Waals surface area contributed by atoms with Gasteiger partial charge in [0.25, 0.3) is 0 Å². The summed E-state index contributed by atoms with van der Waals surface area (Å²) in [6.07, 6.45) is 0. The first-order valence-electron chi connectivity index (χ1n) is 3.48. The molecular formula is C9H8BrCl2. The molecule has 1 aromatic carbocycles. The molecule has 3 heteroatoms. The molecule has 0 amide bonds. The van der Waals surface area contributed by atoms with Crippen molar-refractivity contribution in [1.29, 1.82) is 0 Å². The third-order valence-electron chi connectivity index (χ3n) is 1.54. The van der Waals surface area contributed by atoms with Crippen molar-refractivity contribution in [3.8, 4) is 0 Å². The quantitative estimate of drug-likeness (QED) is 0.700. The summed E-state index contributed by atoms with van der Waals surface area (Å²) in [5.74, 6) is 0.196. The smallest absolute Gasteiger partial charge is 0.0423 e. The molecule has 1 atom stereocenters. The monoisotopic (exact) mass is 265 g/mol. The Morgan fingerprint density at radius 1 is 1.25 bits per heavy atom. The van der Waals surface area contributed by atoms with Gasteiger partial charge in [0.05, 0.1) is 0 Å². The molecule has 12 heavy (non-hydrogen) atoms. The fourth-order valence-corrected chi connectivity index (χ4v) is 1.82. The zero-order chi connectivity index (χ0) is 9.14. The lowest BCUT2D eigenvalue weighted by molar-refractivity contribution is 0.989. The van der Waals surface area contributed by atoms with Gasteiger partial charge in [0.1, 0.15) is 0 Å². The maximum Gasteiger partial charge on any atom is 0.0423 e. The minimum atomic E-state index is 0.196. The van der Waals surface area contributed by atoms with E-state index in [4.69, 9.17) is 23.2 Å². The second kappa shape index (κ2) is 4.50. The van der Waals surface area contributed by atoms with E-state index in [-0.39, 0.29) is 5.92 Å². The Labute approximate surface area is 91.0 Å². The minimum absolute atomic E-state index is 0.196. The highest BCUT2D eigenvalue weighted by Crippen LogP contribution is 2.25. The van der Waals surface area contributed by atoms with Gasteiger partial charge in [-0.3, -0.25) is 0 Å². The van der Waals surface area contributed by atoms with E-state index in [1.807, 2.05) is 12.1 Å². The van der Waals surface area contributed by atoms with Crippen LogP contribution in [0.1, 0.15) is 11.5 Å². The summed E-state index contributed by atoms with van der Waals surface area (Å²) in [7, 11) is 0. The van der Waals surface area contributed by atoms with Crippen LogP contribution in [0.4, 0.5) is 0 Å². The summed E-state index contributed by atoms with van der Waals surface area (Å²) in [5.41, 5.74) is 1.06. The van der Waals surface area contributed by atoms with E-state index in [9.17, 15) is 0 Å². The summed E-state index contributed by atoms with van der Waals surface area (Å²) in [4.78, 5) is 0. The van der Waals surface area contributed by atoms with Crippen LogP contribution in [0, 0.1) is 6.92 Å². The zero-order valence-corrected chi connectivity index (χ0v) is 9.46. The highest BCUT2D eigenvalue weighted by molar-refractivity contribution is 9.09. The van der Waals surface area contributed by atoms with Crippen molar-refractivity contribution >= 4 is 39.1 Å². The van der Waals surface area contributed by atoms with Crippen molar-refractivity contribution in [2.75, 3.05) is 5.33 Å². The number of benzene rings is 1. The van der Waals surface area contributed by atoms with Gasteiger partial charge in [-0.1, -0.05) is 39.1 Å². The minimum Gasteiger partial charge on any atom is -0.0921 e. The summed E-state index contributed by atoms with van der Waals surface area (Å²) >= 11 is 15.0. The van der Waals surface area contributed by atoms with Crippen molar-refractivity contribution in [2.45, 2.75) is 5.92 Å². The van der Waals surface area contributed by atoms with Gasteiger partial charge in [-0.2, -0.15) is 0 Å². The van der Waals surface area contributed by atoms with Crippen LogP contribution in [0.15, 0.2) is 18.2 Å². The zero-order valence-electron chi connectivity index (χ0n) is 6.36. The van der Waals surface area contributed by atoms with Gasteiger partial charge in [0.15, 0.2) is 0 Å². The van der Waals surface area contributed by atoms with Crippen LogP contribution in [0.2, 0.25) is 10.0 Å². The van der Waals surface area contributed by atoms with Gasteiger partial charge in [0, 0.05) is 15.4 Å². The Kier molecular flexibility index (Phi) is 3.88. The van der Waals surface area contributed by atoms with Crippen LogP contribution >= 0.6 is 39.1 Å². The van der Waals surface area contributed by atoms with Gasteiger partial charge in [0.2, 0.25) is 0 Å². The molecule has 0 bridgehead atoms. The first-order valence-corrected chi connectivity index (χ1v) is 5.36. The van der Waals surface area contributed by atoms with E-state index in [0.717, 1.165) is 10.9 Å². The van der Waals surface area contributed by atoms with Crippen molar-refractivity contribution in [3.63, 3.8) is 0 Å². The molecule has 65 valence electrons. The lowest BCUT2D eigenvalue weighted by Gasteiger charge is -2.08. The van der Waals surface area contributed by atoms with Gasteiger partial charge < -0.3 is 0 Å². The average Bonchev–Trinajstić information content (AvgIpc) is 2.01. The summed E-state index contributed by atoms with van der Waals surface area (Å²) in [6, 6.07) is 5.48. The molecule has 0 fully saturated rings. The summed E-state index contributed by atoms with van der Waals surface area (Å²) in [6.45, 7) is 3.94. The van der Waals surface area contributed by atoms with Gasteiger partial charge >= 0.3 is 0 Å². The van der Waals surface area contributed by atoms with E-state index < -0.39 is 0 Å². The highest BCUT2D eigenvalue weighted by atomic mass is 79.9. The van der Waals surface area contributed by atoms with Crippen LogP contribution in [0.25, 0.3) is 0 Å². The molecule has 0 saturated carbocycles. The second-order valence-electron chi connectivity index (χ2n) is 2.55. The molecule has 0 aliphatic rings. The Morgan fingerprint density at radius 3 is 2.17 bits per heavy atom. The SMILES string of the molecule is [CH2]C(CBr)c1cc(Cl)cc(Cl)c1. The summed E-state index contributed by atoms with van der Waals surface area (Å²) in [5, 5.41) is 2.13. The van der Waals surface area contributed by atoms with Crippen LogP contribution in [0.5, 0.6) is 0 Å². The van der Waals surface area contributed by atoms with E-state index >= 15 is 0 Å². The number of alkyl halides is 1. The van der Waals surface area contributed by atoms with Crippen molar-refractivity contribution in [2.24, 2.45) is 0 Å². The number of halogens is 3. The Balaban J connectivity index is 3.00. The Bertz CT molecular complexity index is 253. The van der Waals surface area contributed by atoms with E-state index in [2.05, 4.69) is 22.9 Å². The molecule has 1 unspecified atom stereocenters. The van der Waals surface area contributed by atoms with Crippen LogP contribution in [-0.4, -0.2) is 5.33 Å². The van der Waals surface area contributed by atoms with Gasteiger partial charge in [-0.05, 0) is 36.6 Å². The standard InChI is InChI=1S/C9H8BrCl2/c1-6(5-10)7-2-8(11)4-9(12)3-7/h2-4,6H,1,5H2. The first-order chi connectivity index (χ1) is 5.63. The lowest BCUT2D eigenvalue weighted by Crippen LogP contribution is -1.94. The molecule has 0 heterocycles. The summed E-state index contributed by atoms with van der Waals surface area (Å²) < 4.78 is 0. The predicted octanol–water partition coefficient (Wildman–Crippen LogP) is 4.31. The molecule has 0 aliphatic heterocycles. The fraction of sp³-hybridized carbons (Fsp3) is 0.222. The molecule has 0 nitrogen and oxygen atoms in total. The molecule has 0 spiro atoms. The molecule has 0 saturated heterocycles. The Hall–Kier alpha value is 0.280. The molecule has 1 rings (SSSR count). The van der Waals surface area contributed by atoms with Crippen LogP contribution in [-0.2, 0) is 0 Å². The highest BCUT2D eigenvalue weighted by Gasteiger charge is 2.05. The molecular weight excluding hydrogens is 259 g/mol. The largest absolute Gasteiger partial charge is 0.0921 e. The van der Waals surface area contributed by atoms with Gasteiger partial charge in [-0.25, -0.2) is 0 Å². The number of rotatable bonds is 2. The first kappa shape index (κ1) is 10.4. The number of hydrogen-bond donors (Lipinski definition) is 0. The molecule has 0 aliphatic carbocycles. The third-order valence-corrected chi connectivity index (χ3v) is 2.76. The normalized spacial score (nSPS) is 13.0. The van der Waals surface area contributed by atoms with Crippen LogP contribution < -0.4 is 0 Å². The molecule has 1 radical (unpaired) electrons. The lowest BCUT2D eigenvalue weighted by atomic mass is 10.0. The number of hydrogen-bond acceptors (Lipinski definition) is 0. The van der Waals surface area contributed by atoms with E-state index in [1.165, 1.54) is 0 Å². The van der Waals surface area contributed by atoms with Crippen molar-refractivity contribution < 1.29 is 0 Å². The Morgan fingerprint density at radius 2 is 1.75 bits per heavy atom. The molecule has 1 aromatic rings. The maximum absolute atomic E-state index is 5.82. The maximum atomic E-state index is 5.82. The fourth-order valence-electron chi connectivity index (χ4n) is 0.900. The second-order valence-corrected chi connectivity index (χ2v) is 4.07. The molecule has 0 aromatic heterocycles. The predicted molar refractivity (Wildman–Crippen MR) is 58.4 cm³/mol. The average molecular weight is 267 g/mol. The van der Waals surface area contributed by atoms with Crippen molar-refractivity contribution in [1.82, 2.24) is 0 Å². The van der Waals surface area contributed by atoms with E-state index in [1.54, 1.807) is 6.07 Å². The van der Waals surface area contributed by atoms with Crippen LogP contribution in [0.3, 0.4) is 0 Å². The van der Waals surface area contributed by atoms with Crippen molar-refractivity contribution in [3.05, 3.63) is 40.7 Å². The topological polar surface area (TPSA) is 0 Å².